The fraction of sp³-hybridized carbons (Fsp3) is 0.320. The van der Waals surface area contributed by atoms with Gasteiger partial charge in [0.15, 0.2) is 11.0 Å². The molecule has 1 heterocycles. The maximum Gasteiger partial charge on any atom is 0.234 e. The van der Waals surface area contributed by atoms with Gasteiger partial charge in [0.1, 0.15) is 18.1 Å². The number of rotatable bonds is 11. The number of aromatic nitrogens is 3. The highest BCUT2D eigenvalue weighted by molar-refractivity contribution is 7.99. The van der Waals surface area contributed by atoms with Gasteiger partial charge in [0.25, 0.3) is 0 Å². The van der Waals surface area contributed by atoms with E-state index in [1.165, 1.54) is 17.3 Å². The van der Waals surface area contributed by atoms with Gasteiger partial charge in [-0.25, -0.2) is 0 Å². The average molecular weight is 467 g/mol. The predicted molar refractivity (Wildman–Crippen MR) is 132 cm³/mol. The van der Waals surface area contributed by atoms with Crippen molar-refractivity contribution in [3.8, 4) is 11.5 Å². The number of nitrogens with zero attached hydrogens (tertiary/aromatic N) is 3. The highest BCUT2D eigenvalue weighted by atomic mass is 32.2. The fourth-order valence-corrected chi connectivity index (χ4v) is 3.94. The molecule has 174 valence electrons. The molecule has 0 saturated heterocycles. The van der Waals surface area contributed by atoms with Crippen LogP contribution < -0.4 is 14.8 Å². The molecule has 1 N–H and O–H groups in total. The summed E-state index contributed by atoms with van der Waals surface area (Å²) in [6, 6.07) is 13.7. The summed E-state index contributed by atoms with van der Waals surface area (Å²) in [6.07, 6.45) is 1.77. The first-order valence-corrected chi connectivity index (χ1v) is 11.7. The van der Waals surface area contributed by atoms with Gasteiger partial charge in [-0.2, -0.15) is 0 Å². The van der Waals surface area contributed by atoms with Crippen molar-refractivity contribution in [1.82, 2.24) is 14.8 Å². The van der Waals surface area contributed by atoms with Crippen LogP contribution in [0.2, 0.25) is 0 Å². The molecule has 1 amide bonds. The Labute approximate surface area is 199 Å². The lowest BCUT2D eigenvalue weighted by Gasteiger charge is -2.12. The number of hydrogen-bond donors (Lipinski definition) is 1. The molecule has 2 aromatic carbocycles. The van der Waals surface area contributed by atoms with Crippen molar-refractivity contribution in [2.45, 2.75) is 45.0 Å². The molecule has 0 unspecified atom stereocenters. The molecule has 0 aliphatic carbocycles. The number of carbonyl (C=O) groups excluding carboxylic acids is 1. The summed E-state index contributed by atoms with van der Waals surface area (Å²) >= 11 is 1.31. The Morgan fingerprint density at radius 3 is 2.64 bits per heavy atom. The van der Waals surface area contributed by atoms with E-state index >= 15 is 0 Å². The highest BCUT2D eigenvalue weighted by Crippen LogP contribution is 2.26. The van der Waals surface area contributed by atoms with Crippen molar-refractivity contribution in [2.75, 3.05) is 18.2 Å². The van der Waals surface area contributed by atoms with Crippen LogP contribution in [0.25, 0.3) is 0 Å². The molecule has 0 spiro atoms. The average Bonchev–Trinajstić information content (AvgIpc) is 3.18. The summed E-state index contributed by atoms with van der Waals surface area (Å²) in [5.41, 5.74) is 2.94. The first-order valence-electron chi connectivity index (χ1n) is 10.7. The largest absolute Gasteiger partial charge is 0.495 e. The molecule has 0 aliphatic heterocycles. The summed E-state index contributed by atoms with van der Waals surface area (Å²) in [7, 11) is 1.58. The fourth-order valence-electron chi connectivity index (χ4n) is 3.18. The summed E-state index contributed by atoms with van der Waals surface area (Å²) in [6.45, 7) is 10.9. The van der Waals surface area contributed by atoms with E-state index in [0.29, 0.717) is 34.9 Å². The summed E-state index contributed by atoms with van der Waals surface area (Å²) in [5, 5.41) is 12.1. The smallest absolute Gasteiger partial charge is 0.234 e. The molecule has 33 heavy (non-hydrogen) atoms. The molecule has 0 atom stereocenters. The summed E-state index contributed by atoms with van der Waals surface area (Å²) in [4.78, 5) is 12.5. The topological polar surface area (TPSA) is 78.3 Å². The Morgan fingerprint density at radius 1 is 1.21 bits per heavy atom. The minimum Gasteiger partial charge on any atom is -0.495 e. The normalized spacial score (nSPS) is 10.8. The Balaban J connectivity index is 1.62. The van der Waals surface area contributed by atoms with Crippen LogP contribution in [0.15, 0.2) is 60.3 Å². The van der Waals surface area contributed by atoms with Gasteiger partial charge in [-0.05, 0) is 48.2 Å². The van der Waals surface area contributed by atoms with Crippen molar-refractivity contribution < 1.29 is 14.3 Å². The van der Waals surface area contributed by atoms with Crippen LogP contribution in [-0.2, 0) is 17.9 Å². The predicted octanol–water partition coefficient (Wildman–Crippen LogP) is 5.21. The third kappa shape index (κ3) is 6.61. The van der Waals surface area contributed by atoms with Crippen LogP contribution in [0.3, 0.4) is 0 Å². The standard InChI is InChI=1S/C25H30N4O3S/c1-6-13-29-23(15-32-20-10-8-19(9-11-20)17(2)3)27-28-25(29)33-16-24(30)26-21-14-18(4)7-12-22(21)31-5/h6-12,14,17H,1,13,15-16H2,2-5H3,(H,26,30). The Kier molecular flexibility index (Phi) is 8.54. The number of ether oxygens (including phenoxy) is 2. The molecule has 1 aromatic heterocycles. The number of amides is 1. The molecule has 3 aromatic rings. The molecular formula is C25H30N4O3S. The van der Waals surface area contributed by atoms with Crippen LogP contribution in [0.5, 0.6) is 11.5 Å². The number of allylic oxidation sites excluding steroid dienone is 1. The van der Waals surface area contributed by atoms with Gasteiger partial charge < -0.3 is 14.8 Å². The van der Waals surface area contributed by atoms with Gasteiger partial charge in [-0.15, -0.1) is 16.8 Å². The van der Waals surface area contributed by atoms with Crippen molar-refractivity contribution in [3.05, 3.63) is 72.1 Å². The minimum absolute atomic E-state index is 0.153. The van der Waals surface area contributed by atoms with E-state index < -0.39 is 0 Å². The molecule has 0 bridgehead atoms. The quantitative estimate of drug-likeness (QED) is 0.309. The number of methoxy groups -OCH3 is 1. The third-order valence-electron chi connectivity index (χ3n) is 4.98. The van der Waals surface area contributed by atoms with E-state index in [0.717, 1.165) is 11.3 Å². The maximum atomic E-state index is 12.5. The lowest BCUT2D eigenvalue weighted by molar-refractivity contribution is -0.113. The van der Waals surface area contributed by atoms with E-state index in [-0.39, 0.29) is 18.3 Å². The van der Waals surface area contributed by atoms with Crippen LogP contribution >= 0.6 is 11.8 Å². The number of carbonyl (C=O) groups is 1. The van der Waals surface area contributed by atoms with Crippen molar-refractivity contribution in [1.29, 1.82) is 0 Å². The van der Waals surface area contributed by atoms with Crippen molar-refractivity contribution >= 4 is 23.4 Å². The zero-order valence-corrected chi connectivity index (χ0v) is 20.3. The number of hydrogen-bond acceptors (Lipinski definition) is 6. The summed E-state index contributed by atoms with van der Waals surface area (Å²) in [5.74, 6) is 2.57. The van der Waals surface area contributed by atoms with Gasteiger partial charge in [-0.3, -0.25) is 9.36 Å². The molecule has 8 heteroatoms. The zero-order chi connectivity index (χ0) is 23.8. The third-order valence-corrected chi connectivity index (χ3v) is 5.95. The first kappa shape index (κ1) is 24.4. The van der Waals surface area contributed by atoms with Gasteiger partial charge >= 0.3 is 0 Å². The number of anilines is 1. The molecule has 7 nitrogen and oxygen atoms in total. The van der Waals surface area contributed by atoms with Gasteiger partial charge in [0, 0.05) is 6.54 Å². The Morgan fingerprint density at radius 2 is 1.97 bits per heavy atom. The summed E-state index contributed by atoms with van der Waals surface area (Å²) < 4.78 is 13.1. The van der Waals surface area contributed by atoms with E-state index in [9.17, 15) is 4.79 Å². The molecule has 0 aliphatic rings. The molecule has 3 rings (SSSR count). The lowest BCUT2D eigenvalue weighted by atomic mass is 10.0. The number of benzene rings is 2. The Hall–Kier alpha value is -3.26. The van der Waals surface area contributed by atoms with E-state index in [2.05, 4.69) is 48.1 Å². The highest BCUT2D eigenvalue weighted by Gasteiger charge is 2.15. The molecule has 0 fully saturated rings. The van der Waals surface area contributed by atoms with Crippen LogP contribution in [0.1, 0.15) is 36.7 Å². The van der Waals surface area contributed by atoms with Crippen LogP contribution in [-0.4, -0.2) is 33.5 Å². The van der Waals surface area contributed by atoms with Gasteiger partial charge in [0.05, 0.1) is 18.6 Å². The minimum atomic E-state index is -0.153. The molecular weight excluding hydrogens is 436 g/mol. The van der Waals surface area contributed by atoms with E-state index in [4.69, 9.17) is 9.47 Å². The molecule has 0 radical (unpaired) electrons. The van der Waals surface area contributed by atoms with E-state index in [1.807, 2.05) is 41.8 Å². The van der Waals surface area contributed by atoms with Crippen LogP contribution in [0.4, 0.5) is 5.69 Å². The van der Waals surface area contributed by atoms with Crippen molar-refractivity contribution in [3.63, 3.8) is 0 Å². The second kappa shape index (κ2) is 11.6. The van der Waals surface area contributed by atoms with Crippen LogP contribution in [0, 0.1) is 6.92 Å². The number of aryl methyl sites for hydroxylation is 1. The SMILES string of the molecule is C=CCn1c(COc2ccc(C(C)C)cc2)nnc1SCC(=O)Nc1cc(C)ccc1OC. The van der Waals surface area contributed by atoms with E-state index in [1.54, 1.807) is 13.2 Å². The zero-order valence-electron chi connectivity index (χ0n) is 19.5. The second-order valence-electron chi connectivity index (χ2n) is 7.85. The number of thioether (sulfide) groups is 1. The monoisotopic (exact) mass is 466 g/mol. The lowest BCUT2D eigenvalue weighted by Crippen LogP contribution is -2.15. The van der Waals surface area contributed by atoms with Gasteiger partial charge in [-0.1, -0.05) is 49.9 Å². The molecule has 0 saturated carbocycles. The second-order valence-corrected chi connectivity index (χ2v) is 8.79. The van der Waals surface area contributed by atoms with Gasteiger partial charge in [0.2, 0.25) is 5.91 Å². The number of nitrogens with one attached hydrogen (secondary N) is 1. The van der Waals surface area contributed by atoms with Crippen molar-refractivity contribution in [2.24, 2.45) is 0 Å². The Bertz CT molecular complexity index is 1090. The first-order chi connectivity index (χ1) is 15.9. The maximum absolute atomic E-state index is 12.5.